The van der Waals surface area contributed by atoms with Crippen LogP contribution in [0.4, 0.5) is 5.69 Å². The molecule has 2 atom stereocenters. The molecule has 0 radical (unpaired) electrons. The normalized spacial score (nSPS) is 26.7. The van der Waals surface area contributed by atoms with Crippen molar-refractivity contribution in [2.75, 3.05) is 5.32 Å². The topological polar surface area (TPSA) is 80.9 Å². The Morgan fingerprint density at radius 1 is 1.11 bits per heavy atom. The Labute approximate surface area is 166 Å². The van der Waals surface area contributed by atoms with Gasteiger partial charge in [-0.15, -0.1) is 12.4 Å². The predicted octanol–water partition coefficient (Wildman–Crippen LogP) is 3.97. The molecule has 2 aromatic rings. The van der Waals surface area contributed by atoms with Crippen molar-refractivity contribution in [2.24, 2.45) is 23.5 Å². The van der Waals surface area contributed by atoms with E-state index >= 15 is 0 Å². The van der Waals surface area contributed by atoms with Crippen LogP contribution in [-0.4, -0.2) is 21.9 Å². The molecule has 2 aliphatic carbocycles. The molecule has 0 aliphatic heterocycles. The number of hydrogen-bond acceptors (Lipinski definition) is 4. The van der Waals surface area contributed by atoms with Gasteiger partial charge in [-0.25, -0.2) is 9.97 Å². The Balaban J connectivity index is 0.00000210. The summed E-state index contributed by atoms with van der Waals surface area (Å²) in [7, 11) is 0. The van der Waals surface area contributed by atoms with E-state index in [1.165, 1.54) is 19.3 Å². The average Bonchev–Trinajstić information content (AvgIpc) is 2.62. The smallest absolute Gasteiger partial charge is 0.227 e. The van der Waals surface area contributed by atoms with Crippen molar-refractivity contribution < 1.29 is 4.79 Å². The van der Waals surface area contributed by atoms with Crippen LogP contribution in [0.5, 0.6) is 0 Å². The van der Waals surface area contributed by atoms with Gasteiger partial charge < -0.3 is 11.1 Å². The summed E-state index contributed by atoms with van der Waals surface area (Å²) in [6.45, 7) is 1.95. The number of anilines is 1. The Morgan fingerprint density at radius 2 is 1.78 bits per heavy atom. The molecular weight excluding hydrogens is 360 g/mol. The molecule has 2 unspecified atom stereocenters. The Hall–Kier alpha value is -1.98. The molecular formula is C21H27ClN4O. The molecule has 2 saturated carbocycles. The van der Waals surface area contributed by atoms with Crippen LogP contribution in [0.25, 0.3) is 11.4 Å². The van der Waals surface area contributed by atoms with Crippen molar-refractivity contribution in [1.29, 1.82) is 0 Å². The van der Waals surface area contributed by atoms with Gasteiger partial charge in [-0.1, -0.05) is 6.42 Å². The zero-order chi connectivity index (χ0) is 18.1. The molecule has 2 aliphatic rings. The maximum absolute atomic E-state index is 12.7. The highest BCUT2D eigenvalue weighted by molar-refractivity contribution is 5.92. The molecule has 1 amide bonds. The molecule has 1 heterocycles. The number of amides is 1. The van der Waals surface area contributed by atoms with E-state index in [4.69, 9.17) is 5.73 Å². The number of aryl methyl sites for hydroxylation is 1. The molecule has 4 rings (SSSR count). The third-order valence-corrected chi connectivity index (χ3v) is 5.99. The van der Waals surface area contributed by atoms with E-state index < -0.39 is 0 Å². The molecule has 0 spiro atoms. The first-order valence-electron chi connectivity index (χ1n) is 9.56. The molecule has 27 heavy (non-hydrogen) atoms. The van der Waals surface area contributed by atoms with Gasteiger partial charge in [0, 0.05) is 35.1 Å². The van der Waals surface area contributed by atoms with Crippen LogP contribution < -0.4 is 11.1 Å². The number of aromatic nitrogens is 2. The molecule has 0 saturated heterocycles. The summed E-state index contributed by atoms with van der Waals surface area (Å²) in [4.78, 5) is 21.5. The monoisotopic (exact) mass is 386 g/mol. The van der Waals surface area contributed by atoms with Gasteiger partial charge in [0.05, 0.1) is 0 Å². The SMILES string of the molecule is Cc1ccnc(-c2ccc(NC(=O)C3CC4CCCC(C3)C4N)cc2)n1.Cl. The van der Waals surface area contributed by atoms with Gasteiger partial charge in [0.2, 0.25) is 5.91 Å². The lowest BCUT2D eigenvalue weighted by Crippen LogP contribution is -2.48. The third-order valence-electron chi connectivity index (χ3n) is 5.99. The van der Waals surface area contributed by atoms with E-state index in [9.17, 15) is 4.79 Å². The molecule has 1 aromatic heterocycles. The summed E-state index contributed by atoms with van der Waals surface area (Å²) in [5.74, 6) is 1.95. The number of rotatable bonds is 3. The lowest BCUT2D eigenvalue weighted by Gasteiger charge is -2.43. The maximum Gasteiger partial charge on any atom is 0.227 e. The second-order valence-corrected chi connectivity index (χ2v) is 7.78. The fourth-order valence-corrected chi connectivity index (χ4v) is 4.54. The second-order valence-electron chi connectivity index (χ2n) is 7.78. The number of nitrogens with one attached hydrogen (secondary N) is 1. The summed E-state index contributed by atoms with van der Waals surface area (Å²) in [5, 5.41) is 3.09. The van der Waals surface area contributed by atoms with Crippen LogP contribution in [0.3, 0.4) is 0 Å². The van der Waals surface area contributed by atoms with Crippen molar-refractivity contribution in [3.05, 3.63) is 42.2 Å². The molecule has 2 fully saturated rings. The molecule has 1 aromatic carbocycles. The maximum atomic E-state index is 12.7. The zero-order valence-electron chi connectivity index (χ0n) is 15.6. The second kappa shape index (κ2) is 8.36. The van der Waals surface area contributed by atoms with Crippen LogP contribution in [-0.2, 0) is 4.79 Å². The summed E-state index contributed by atoms with van der Waals surface area (Å²) >= 11 is 0. The summed E-state index contributed by atoms with van der Waals surface area (Å²) in [6.07, 6.45) is 7.23. The number of nitrogens with zero attached hydrogens (tertiary/aromatic N) is 2. The fraction of sp³-hybridized carbons (Fsp3) is 0.476. The van der Waals surface area contributed by atoms with Crippen LogP contribution in [0.2, 0.25) is 0 Å². The van der Waals surface area contributed by atoms with Crippen molar-refractivity contribution in [3.63, 3.8) is 0 Å². The highest BCUT2D eigenvalue weighted by atomic mass is 35.5. The minimum atomic E-state index is 0. The first-order valence-corrected chi connectivity index (χ1v) is 9.56. The number of halogens is 1. The van der Waals surface area contributed by atoms with Crippen LogP contribution in [0.15, 0.2) is 36.5 Å². The minimum absolute atomic E-state index is 0. The third kappa shape index (κ3) is 4.30. The largest absolute Gasteiger partial charge is 0.327 e. The molecule has 2 bridgehead atoms. The number of benzene rings is 1. The van der Waals surface area contributed by atoms with E-state index in [1.807, 2.05) is 37.3 Å². The van der Waals surface area contributed by atoms with Gasteiger partial charge >= 0.3 is 0 Å². The van der Waals surface area contributed by atoms with Crippen LogP contribution in [0, 0.1) is 24.7 Å². The summed E-state index contributed by atoms with van der Waals surface area (Å²) in [6, 6.07) is 9.93. The lowest BCUT2D eigenvalue weighted by atomic mass is 9.65. The van der Waals surface area contributed by atoms with Gasteiger partial charge in [0.15, 0.2) is 5.82 Å². The number of fused-ring (bicyclic) bond motifs is 2. The van der Waals surface area contributed by atoms with E-state index in [1.54, 1.807) is 6.20 Å². The van der Waals surface area contributed by atoms with Gasteiger partial charge in [-0.3, -0.25) is 4.79 Å². The lowest BCUT2D eigenvalue weighted by molar-refractivity contribution is -0.122. The van der Waals surface area contributed by atoms with Gasteiger partial charge in [-0.05, 0) is 74.8 Å². The molecule has 3 N–H and O–H groups in total. The highest BCUT2D eigenvalue weighted by Crippen LogP contribution is 2.42. The Bertz CT molecular complexity index is 781. The van der Waals surface area contributed by atoms with Crippen molar-refractivity contribution in [1.82, 2.24) is 9.97 Å². The average molecular weight is 387 g/mol. The van der Waals surface area contributed by atoms with Crippen LogP contribution >= 0.6 is 12.4 Å². The standard InChI is InChI=1S/C21H26N4O.ClH/c1-13-9-10-23-20(24-13)14-5-7-18(8-6-14)25-21(26)17-11-15-3-2-4-16(12-17)19(15)22;/h5-10,15-17,19H,2-4,11-12,22H2,1H3,(H,25,26);1H. The predicted molar refractivity (Wildman–Crippen MR) is 110 cm³/mol. The summed E-state index contributed by atoms with van der Waals surface area (Å²) < 4.78 is 0. The van der Waals surface area contributed by atoms with Crippen molar-refractivity contribution >= 4 is 24.0 Å². The summed E-state index contributed by atoms with van der Waals surface area (Å²) in [5.41, 5.74) is 9.05. The first kappa shape index (κ1) is 19.8. The Morgan fingerprint density at radius 3 is 2.41 bits per heavy atom. The molecule has 6 heteroatoms. The zero-order valence-corrected chi connectivity index (χ0v) is 16.4. The van der Waals surface area contributed by atoms with E-state index in [0.717, 1.165) is 29.8 Å². The quantitative estimate of drug-likeness (QED) is 0.836. The highest BCUT2D eigenvalue weighted by Gasteiger charge is 2.40. The molecule has 144 valence electrons. The van der Waals surface area contributed by atoms with E-state index in [2.05, 4.69) is 15.3 Å². The Kier molecular flexibility index (Phi) is 6.12. The fourth-order valence-electron chi connectivity index (χ4n) is 4.54. The number of nitrogens with two attached hydrogens (primary N) is 1. The minimum Gasteiger partial charge on any atom is -0.327 e. The van der Waals surface area contributed by atoms with Gasteiger partial charge in [0.1, 0.15) is 0 Å². The van der Waals surface area contributed by atoms with Crippen LogP contribution in [0.1, 0.15) is 37.8 Å². The van der Waals surface area contributed by atoms with Crippen molar-refractivity contribution in [3.8, 4) is 11.4 Å². The van der Waals surface area contributed by atoms with E-state index in [-0.39, 0.29) is 24.2 Å². The number of carbonyl (C=O) groups is 1. The van der Waals surface area contributed by atoms with Crippen molar-refractivity contribution in [2.45, 2.75) is 45.1 Å². The molecule has 5 nitrogen and oxygen atoms in total. The van der Waals surface area contributed by atoms with E-state index in [0.29, 0.717) is 23.7 Å². The van der Waals surface area contributed by atoms with Gasteiger partial charge in [0.25, 0.3) is 0 Å². The van der Waals surface area contributed by atoms with Gasteiger partial charge in [-0.2, -0.15) is 0 Å². The number of carbonyl (C=O) groups excluding carboxylic acids is 1. The first-order chi connectivity index (χ1) is 12.6. The number of hydrogen-bond donors (Lipinski definition) is 2.